The van der Waals surface area contributed by atoms with E-state index < -0.39 is 9.84 Å². The van der Waals surface area contributed by atoms with Crippen molar-refractivity contribution >= 4 is 69.6 Å². The van der Waals surface area contributed by atoms with E-state index in [1.807, 2.05) is 35.2 Å². The van der Waals surface area contributed by atoms with Crippen LogP contribution in [0.15, 0.2) is 65.6 Å². The summed E-state index contributed by atoms with van der Waals surface area (Å²) in [5.74, 6) is 0.603. The fourth-order valence-corrected chi connectivity index (χ4v) is 6.20. The lowest BCUT2D eigenvalue weighted by atomic mass is 9.92. The average molecular weight is 571 g/mol. The Balaban J connectivity index is 0.00000228. The summed E-state index contributed by atoms with van der Waals surface area (Å²) in [6, 6.07) is 18.0. The number of nitrogen functional groups attached to an aromatic ring is 1. The van der Waals surface area contributed by atoms with Crippen molar-refractivity contribution < 1.29 is 13.2 Å². The van der Waals surface area contributed by atoms with Gasteiger partial charge in [0.1, 0.15) is 0 Å². The van der Waals surface area contributed by atoms with Crippen LogP contribution in [-0.4, -0.2) is 56.4 Å². The van der Waals surface area contributed by atoms with Gasteiger partial charge >= 0.3 is 0 Å². The second-order valence-electron chi connectivity index (χ2n) is 8.64. The maximum Gasteiger partial charge on any atom is 0.255 e. The Bertz CT molecular complexity index is 1270. The molecular formula is C26H33Cl2N3O3S2. The lowest BCUT2D eigenvalue weighted by molar-refractivity contribution is 0.0633. The zero-order chi connectivity index (χ0) is 24.1. The number of hydrogen-bond acceptors (Lipinski definition) is 6. The Kier molecular flexibility index (Phi) is 11.4. The van der Waals surface area contributed by atoms with Gasteiger partial charge in [-0.2, -0.15) is 12.6 Å². The van der Waals surface area contributed by atoms with E-state index >= 15 is 0 Å². The van der Waals surface area contributed by atoms with E-state index in [1.165, 1.54) is 0 Å². The highest BCUT2D eigenvalue weighted by Gasteiger charge is 2.31. The summed E-state index contributed by atoms with van der Waals surface area (Å²) in [6.07, 6.45) is 1.84. The molecule has 0 radical (unpaired) electrons. The van der Waals surface area contributed by atoms with Crippen molar-refractivity contribution in [3.63, 3.8) is 0 Å². The molecule has 1 aliphatic rings. The van der Waals surface area contributed by atoms with Crippen molar-refractivity contribution in [1.82, 2.24) is 10.2 Å². The molecule has 0 unspecified atom stereocenters. The number of hydrogen-bond donors (Lipinski definition) is 3. The Hall–Kier alpha value is -1.97. The van der Waals surface area contributed by atoms with E-state index in [9.17, 15) is 13.2 Å². The third-order valence-corrected chi connectivity index (χ3v) is 8.50. The quantitative estimate of drug-likeness (QED) is 0.276. The molecular weight excluding hydrogens is 537 g/mol. The van der Waals surface area contributed by atoms with Crippen LogP contribution < -0.4 is 11.1 Å². The Morgan fingerprint density at radius 1 is 1.08 bits per heavy atom. The van der Waals surface area contributed by atoms with Crippen molar-refractivity contribution in [1.29, 1.82) is 0 Å². The number of anilines is 1. The molecule has 36 heavy (non-hydrogen) atoms. The summed E-state index contributed by atoms with van der Waals surface area (Å²) in [5.41, 5.74) is 8.52. The molecule has 0 saturated carbocycles. The fraction of sp³-hybridized carbons (Fsp3) is 0.346. The number of rotatable bonds is 8. The maximum atomic E-state index is 14.0. The van der Waals surface area contributed by atoms with Crippen molar-refractivity contribution in [3.8, 4) is 0 Å². The molecule has 0 bridgehead atoms. The standard InChI is InChI=1S/C26H31N3O3S2.2ClH/c27-24-17-19-7-4-5-10-22(19)25(23(24)11-6-15-33)26(30)29-14-13-28-18-20(29)12-16-34(31,32)21-8-2-1-3-9-21;;/h1-5,7-10,17,20,28,33H,6,11-16,18,27H2;2*1H/t20-;;/m0../s1. The van der Waals surface area contributed by atoms with Gasteiger partial charge in [-0.05, 0) is 59.6 Å². The largest absolute Gasteiger partial charge is 0.398 e. The number of benzene rings is 3. The zero-order valence-corrected chi connectivity index (χ0v) is 23.3. The predicted molar refractivity (Wildman–Crippen MR) is 156 cm³/mol. The van der Waals surface area contributed by atoms with Gasteiger partial charge in [0, 0.05) is 31.4 Å². The van der Waals surface area contributed by atoms with Gasteiger partial charge in [-0.1, -0.05) is 42.5 Å². The number of carbonyl (C=O) groups is 1. The van der Waals surface area contributed by atoms with Crippen LogP contribution in [0.3, 0.4) is 0 Å². The van der Waals surface area contributed by atoms with Gasteiger partial charge in [0.2, 0.25) is 0 Å². The molecule has 3 aromatic carbocycles. The van der Waals surface area contributed by atoms with Crippen molar-refractivity contribution in [2.24, 2.45) is 0 Å². The Morgan fingerprint density at radius 3 is 2.50 bits per heavy atom. The molecule has 0 aliphatic carbocycles. The summed E-state index contributed by atoms with van der Waals surface area (Å²) in [5, 5.41) is 5.13. The molecule has 3 aromatic rings. The SMILES string of the molecule is Cl.Cl.Nc1cc2ccccc2c(C(=O)N2CCNC[C@@H]2CCS(=O)(=O)c2ccccc2)c1CCCS. The van der Waals surface area contributed by atoms with E-state index in [1.54, 1.807) is 30.3 Å². The second kappa shape index (κ2) is 13.5. The molecule has 0 spiro atoms. The minimum Gasteiger partial charge on any atom is -0.398 e. The molecule has 1 heterocycles. The number of nitrogens with two attached hydrogens (primary N) is 1. The summed E-state index contributed by atoms with van der Waals surface area (Å²) in [4.78, 5) is 16.2. The minimum atomic E-state index is -3.43. The lowest BCUT2D eigenvalue weighted by Gasteiger charge is -2.37. The molecule has 1 fully saturated rings. The number of thiol groups is 1. The van der Waals surface area contributed by atoms with Crippen LogP contribution >= 0.6 is 37.4 Å². The fourth-order valence-electron chi connectivity index (χ4n) is 4.65. The van der Waals surface area contributed by atoms with Crippen LogP contribution in [0.2, 0.25) is 0 Å². The topological polar surface area (TPSA) is 92.5 Å². The smallest absolute Gasteiger partial charge is 0.255 e. The summed E-state index contributed by atoms with van der Waals surface area (Å²) < 4.78 is 25.7. The van der Waals surface area contributed by atoms with Crippen LogP contribution in [0.4, 0.5) is 5.69 Å². The third kappa shape index (κ3) is 6.66. The molecule has 4 rings (SSSR count). The number of sulfone groups is 1. The second-order valence-corrected chi connectivity index (χ2v) is 11.2. The van der Waals surface area contributed by atoms with Crippen LogP contribution in [0.1, 0.15) is 28.8 Å². The van der Waals surface area contributed by atoms with Gasteiger partial charge in [0.15, 0.2) is 9.84 Å². The number of fused-ring (bicyclic) bond motifs is 1. The number of nitrogens with one attached hydrogen (secondary N) is 1. The van der Waals surface area contributed by atoms with E-state index in [2.05, 4.69) is 17.9 Å². The van der Waals surface area contributed by atoms with Crippen LogP contribution in [0, 0.1) is 0 Å². The van der Waals surface area contributed by atoms with E-state index in [4.69, 9.17) is 5.73 Å². The highest BCUT2D eigenvalue weighted by molar-refractivity contribution is 7.91. The average Bonchev–Trinajstić information content (AvgIpc) is 2.86. The van der Waals surface area contributed by atoms with Crippen LogP contribution in [-0.2, 0) is 16.3 Å². The summed E-state index contributed by atoms with van der Waals surface area (Å²) >= 11 is 4.34. The normalized spacial score (nSPS) is 15.7. The van der Waals surface area contributed by atoms with E-state index in [0.717, 1.165) is 22.8 Å². The summed E-state index contributed by atoms with van der Waals surface area (Å²) in [7, 11) is -3.43. The molecule has 10 heteroatoms. The first-order valence-electron chi connectivity index (χ1n) is 11.6. The highest BCUT2D eigenvalue weighted by atomic mass is 35.5. The first kappa shape index (κ1) is 30.3. The Labute approximate surface area is 231 Å². The molecule has 1 saturated heterocycles. The van der Waals surface area contributed by atoms with Gasteiger partial charge in [0.25, 0.3) is 5.91 Å². The first-order valence-corrected chi connectivity index (χ1v) is 13.9. The first-order chi connectivity index (χ1) is 16.4. The number of halogens is 2. The lowest BCUT2D eigenvalue weighted by Crippen LogP contribution is -2.54. The third-order valence-electron chi connectivity index (χ3n) is 6.42. The zero-order valence-electron chi connectivity index (χ0n) is 19.9. The monoisotopic (exact) mass is 569 g/mol. The van der Waals surface area contributed by atoms with Gasteiger partial charge in [-0.25, -0.2) is 8.42 Å². The molecule has 1 atom stereocenters. The maximum absolute atomic E-state index is 14.0. The van der Waals surface area contributed by atoms with Crippen molar-refractivity contribution in [2.45, 2.75) is 30.2 Å². The predicted octanol–water partition coefficient (Wildman–Crippen LogP) is 4.41. The number of piperazine rings is 1. The van der Waals surface area contributed by atoms with Gasteiger partial charge in [-0.3, -0.25) is 4.79 Å². The highest BCUT2D eigenvalue weighted by Crippen LogP contribution is 2.31. The van der Waals surface area contributed by atoms with Gasteiger partial charge in [-0.15, -0.1) is 24.8 Å². The van der Waals surface area contributed by atoms with Gasteiger partial charge < -0.3 is 16.0 Å². The molecule has 1 amide bonds. The number of carbonyl (C=O) groups excluding carboxylic acids is 1. The summed E-state index contributed by atoms with van der Waals surface area (Å²) in [6.45, 7) is 1.74. The van der Waals surface area contributed by atoms with E-state index in [0.29, 0.717) is 54.4 Å². The molecule has 3 N–H and O–H groups in total. The van der Waals surface area contributed by atoms with E-state index in [-0.39, 0.29) is 42.5 Å². The minimum absolute atomic E-state index is 0. The molecule has 6 nitrogen and oxygen atoms in total. The van der Waals surface area contributed by atoms with Crippen LogP contribution in [0.5, 0.6) is 0 Å². The molecule has 0 aromatic heterocycles. The number of nitrogens with zero attached hydrogens (tertiary/aromatic N) is 1. The molecule has 196 valence electrons. The Morgan fingerprint density at radius 2 is 1.78 bits per heavy atom. The van der Waals surface area contributed by atoms with Gasteiger partial charge in [0.05, 0.1) is 16.2 Å². The van der Waals surface area contributed by atoms with Crippen molar-refractivity contribution in [3.05, 3.63) is 71.8 Å². The van der Waals surface area contributed by atoms with Crippen molar-refractivity contribution in [2.75, 3.05) is 36.9 Å². The molecule has 1 aliphatic heterocycles. The number of amides is 1. The van der Waals surface area contributed by atoms with Crippen LogP contribution in [0.25, 0.3) is 10.8 Å².